The van der Waals surface area contributed by atoms with Crippen molar-refractivity contribution in [3.05, 3.63) is 72.6 Å². The second-order valence-corrected chi connectivity index (χ2v) is 14.4. The number of aromatic nitrogens is 4. The first kappa shape index (κ1) is 33.5. The number of carbonyl (C=O) groups is 4. The van der Waals surface area contributed by atoms with E-state index in [1.54, 1.807) is 13.8 Å². The third kappa shape index (κ3) is 6.15. The minimum Gasteiger partial charge on any atom is -0.453 e. The lowest BCUT2D eigenvalue weighted by molar-refractivity contribution is -0.135. The van der Waals surface area contributed by atoms with E-state index < -0.39 is 24.3 Å². The van der Waals surface area contributed by atoms with Crippen LogP contribution in [0.15, 0.2) is 60.9 Å². The first-order chi connectivity index (χ1) is 25.1. The SMILES string of the molecule is COC(=O)N[C@@H](C)C(=O)N1[C@@H]2CC2C[C@H]1c1ncc(-c2ccc(-c3ccc(-c4cnc([C@@H]5CC6C[C@H]6N5C(=O)[C@H](C)NC(=O)OC)[nH]4)cc3)cc2)[nH]1. The molecule has 4 N–H and O–H groups in total. The predicted octanol–water partition coefficient (Wildman–Crippen LogP) is 4.95. The van der Waals surface area contributed by atoms with Crippen LogP contribution in [0.3, 0.4) is 0 Å². The van der Waals surface area contributed by atoms with Crippen LogP contribution >= 0.6 is 0 Å². The standard InChI is InChI=1S/C38H42N8O6/c1-19(41-37(49)51-3)35(47)45-29-13-25(29)15-31(45)33-39-17-27(43-33)23-9-5-21(6-10-23)22-7-11-24(12-8-22)28-18-40-34(44-28)32-16-26-14-30(26)46(32)36(48)20(2)42-38(50)52-4/h5-12,17-20,25-26,29-32H,13-16H2,1-4H3,(H,39,43)(H,40,44)(H,41,49)(H,42,50)/t19-,20-,25?,26?,29+,30+,31-,32-/m0/s1. The number of hydrogen-bond acceptors (Lipinski definition) is 8. The number of carbonyl (C=O) groups excluding carboxylic acids is 4. The van der Waals surface area contributed by atoms with E-state index >= 15 is 0 Å². The van der Waals surface area contributed by atoms with Gasteiger partial charge in [0.1, 0.15) is 23.7 Å². The Balaban J connectivity index is 0.921. The van der Waals surface area contributed by atoms with Gasteiger partial charge in [0, 0.05) is 12.1 Å². The normalized spacial score (nSPS) is 25.1. The number of nitrogens with one attached hydrogen (secondary N) is 4. The van der Waals surface area contributed by atoms with Crippen LogP contribution in [0.25, 0.3) is 33.6 Å². The molecular formula is C38H42N8O6. The van der Waals surface area contributed by atoms with E-state index in [4.69, 9.17) is 0 Å². The Kier molecular flexibility index (Phi) is 8.47. The number of likely N-dealkylation sites (tertiary alicyclic amines) is 2. The number of methoxy groups -OCH3 is 2. The maximum absolute atomic E-state index is 13.3. The van der Waals surface area contributed by atoms with Gasteiger partial charge in [-0.05, 0) is 73.6 Å². The van der Waals surface area contributed by atoms with Gasteiger partial charge in [-0.25, -0.2) is 19.6 Å². The zero-order valence-electron chi connectivity index (χ0n) is 29.5. The number of rotatable bonds is 9. The average molecular weight is 707 g/mol. The van der Waals surface area contributed by atoms with Crippen LogP contribution in [0.5, 0.6) is 0 Å². The van der Waals surface area contributed by atoms with Gasteiger partial charge >= 0.3 is 12.2 Å². The summed E-state index contributed by atoms with van der Waals surface area (Å²) in [5.74, 6) is 2.14. The molecule has 4 fully saturated rings. The second kappa shape index (κ2) is 13.1. The quantitative estimate of drug-likeness (QED) is 0.189. The molecule has 4 aliphatic rings. The molecule has 4 heterocycles. The molecule has 2 aliphatic carbocycles. The minimum absolute atomic E-state index is 0.133. The van der Waals surface area contributed by atoms with Gasteiger partial charge in [0.2, 0.25) is 11.8 Å². The van der Waals surface area contributed by atoms with Crippen molar-refractivity contribution in [2.45, 2.75) is 75.8 Å². The summed E-state index contributed by atoms with van der Waals surface area (Å²) in [6.07, 6.45) is 6.01. The summed E-state index contributed by atoms with van der Waals surface area (Å²) in [6.45, 7) is 3.35. The van der Waals surface area contributed by atoms with Gasteiger partial charge < -0.3 is 39.9 Å². The van der Waals surface area contributed by atoms with E-state index in [9.17, 15) is 19.2 Å². The molecule has 8 rings (SSSR count). The van der Waals surface area contributed by atoms with Gasteiger partial charge in [-0.1, -0.05) is 48.5 Å². The summed E-state index contributed by atoms with van der Waals surface area (Å²) in [4.78, 5) is 70.1. The molecular weight excluding hydrogens is 664 g/mol. The highest BCUT2D eigenvalue weighted by atomic mass is 16.5. The fourth-order valence-electron chi connectivity index (χ4n) is 8.07. The van der Waals surface area contributed by atoms with Crippen LogP contribution in [0.2, 0.25) is 0 Å². The number of aromatic amines is 2. The largest absolute Gasteiger partial charge is 0.453 e. The third-order valence-electron chi connectivity index (χ3n) is 11.0. The molecule has 2 saturated carbocycles. The number of fused-ring (bicyclic) bond motifs is 2. The Morgan fingerprint density at radius 2 is 1.00 bits per heavy atom. The Hall–Kier alpha value is -5.66. The van der Waals surface area contributed by atoms with Crippen LogP contribution in [0.1, 0.15) is 63.3 Å². The molecule has 0 bridgehead atoms. The molecule has 2 unspecified atom stereocenters. The monoisotopic (exact) mass is 706 g/mol. The number of amides is 4. The molecule has 0 radical (unpaired) electrons. The van der Waals surface area contributed by atoms with Gasteiger partial charge in [0.15, 0.2) is 0 Å². The molecule has 2 saturated heterocycles. The van der Waals surface area contributed by atoms with Crippen LogP contribution in [-0.2, 0) is 19.1 Å². The van der Waals surface area contributed by atoms with E-state index in [0.717, 1.165) is 71.0 Å². The van der Waals surface area contributed by atoms with Crippen LogP contribution in [-0.4, -0.2) is 92.1 Å². The van der Waals surface area contributed by atoms with Gasteiger partial charge in [0.25, 0.3) is 0 Å². The van der Waals surface area contributed by atoms with E-state index in [1.165, 1.54) is 14.2 Å². The number of nitrogens with zero attached hydrogens (tertiary/aromatic N) is 4. The van der Waals surface area contributed by atoms with Gasteiger partial charge in [-0.3, -0.25) is 9.59 Å². The lowest BCUT2D eigenvalue weighted by Crippen LogP contribution is -2.47. The first-order valence-electron chi connectivity index (χ1n) is 17.8. The van der Waals surface area contributed by atoms with Crippen molar-refractivity contribution < 1.29 is 28.7 Å². The summed E-state index contributed by atoms with van der Waals surface area (Å²) >= 11 is 0. The molecule has 2 aromatic heterocycles. The van der Waals surface area contributed by atoms with Crippen molar-refractivity contribution in [3.63, 3.8) is 0 Å². The summed E-state index contributed by atoms with van der Waals surface area (Å²) in [7, 11) is 2.56. The summed E-state index contributed by atoms with van der Waals surface area (Å²) in [6, 6.07) is 15.2. The Bertz CT molecular complexity index is 1860. The van der Waals surface area contributed by atoms with Crippen molar-refractivity contribution in [1.29, 1.82) is 0 Å². The fraction of sp³-hybridized carbons (Fsp3) is 0.421. The number of piperidine rings is 2. The zero-order chi connectivity index (χ0) is 36.3. The number of H-pyrrole nitrogens is 2. The second-order valence-electron chi connectivity index (χ2n) is 14.4. The number of imidazole rings is 2. The summed E-state index contributed by atoms with van der Waals surface area (Å²) < 4.78 is 9.35. The Morgan fingerprint density at radius 3 is 1.37 bits per heavy atom. The fourth-order valence-corrected chi connectivity index (χ4v) is 8.07. The van der Waals surface area contributed by atoms with Crippen LogP contribution in [0, 0.1) is 11.8 Å². The topological polar surface area (TPSA) is 175 Å². The zero-order valence-corrected chi connectivity index (χ0v) is 29.5. The molecule has 270 valence electrons. The lowest BCUT2D eigenvalue weighted by Gasteiger charge is -2.29. The molecule has 0 spiro atoms. The van der Waals surface area contributed by atoms with Gasteiger partial charge in [-0.15, -0.1) is 0 Å². The Labute approximate surface area is 300 Å². The number of benzene rings is 2. The number of ether oxygens (including phenoxy) is 2. The van der Waals surface area contributed by atoms with E-state index in [2.05, 4.69) is 88.6 Å². The molecule has 4 amide bonds. The molecule has 2 aliphatic heterocycles. The van der Waals surface area contributed by atoms with Crippen molar-refractivity contribution in [3.8, 4) is 33.6 Å². The highest BCUT2D eigenvalue weighted by Crippen LogP contribution is 2.54. The summed E-state index contributed by atoms with van der Waals surface area (Å²) in [5, 5.41) is 5.19. The van der Waals surface area contributed by atoms with Crippen molar-refractivity contribution >= 4 is 24.0 Å². The Morgan fingerprint density at radius 1 is 0.635 bits per heavy atom. The molecule has 2 aromatic carbocycles. The maximum atomic E-state index is 13.3. The highest BCUT2D eigenvalue weighted by molar-refractivity contribution is 5.87. The van der Waals surface area contributed by atoms with Crippen molar-refractivity contribution in [2.24, 2.45) is 11.8 Å². The molecule has 14 heteroatoms. The summed E-state index contributed by atoms with van der Waals surface area (Å²) in [5.41, 5.74) is 5.84. The molecule has 52 heavy (non-hydrogen) atoms. The van der Waals surface area contributed by atoms with Gasteiger partial charge in [-0.2, -0.15) is 0 Å². The smallest absolute Gasteiger partial charge is 0.407 e. The van der Waals surface area contributed by atoms with E-state index in [0.29, 0.717) is 11.8 Å². The van der Waals surface area contributed by atoms with E-state index in [1.807, 2.05) is 22.2 Å². The van der Waals surface area contributed by atoms with Crippen molar-refractivity contribution in [1.82, 2.24) is 40.4 Å². The maximum Gasteiger partial charge on any atom is 0.407 e. The first-order valence-corrected chi connectivity index (χ1v) is 17.8. The van der Waals surface area contributed by atoms with Crippen molar-refractivity contribution in [2.75, 3.05) is 14.2 Å². The highest BCUT2D eigenvalue weighted by Gasteiger charge is 2.56. The van der Waals surface area contributed by atoms with Gasteiger partial charge in [0.05, 0.1) is 50.1 Å². The van der Waals surface area contributed by atoms with Crippen LogP contribution < -0.4 is 10.6 Å². The minimum atomic E-state index is -0.694. The van der Waals surface area contributed by atoms with E-state index in [-0.39, 0.29) is 36.0 Å². The molecule has 4 aromatic rings. The predicted molar refractivity (Wildman–Crippen MR) is 189 cm³/mol. The number of alkyl carbamates (subject to hydrolysis) is 2. The molecule has 8 atom stereocenters. The third-order valence-corrected chi connectivity index (χ3v) is 11.0. The molecule has 14 nitrogen and oxygen atoms in total. The van der Waals surface area contributed by atoms with Crippen LogP contribution in [0.4, 0.5) is 9.59 Å². The number of hydrogen-bond donors (Lipinski definition) is 4. The average Bonchev–Trinajstić information content (AvgIpc) is 3.76. The lowest BCUT2D eigenvalue weighted by atomic mass is 10.0.